The second-order valence-electron chi connectivity index (χ2n) is 4.17. The van der Waals surface area contributed by atoms with Crippen LogP contribution in [0.5, 0.6) is 11.5 Å². The molecule has 0 unspecified atom stereocenters. The average molecular weight is 296 g/mol. The molecule has 106 valence electrons. The highest BCUT2D eigenvalue weighted by Gasteiger charge is 2.26. The Morgan fingerprint density at radius 1 is 1.21 bits per heavy atom. The molecule has 1 N–H and O–H groups in total. The van der Waals surface area contributed by atoms with E-state index in [-0.39, 0.29) is 6.54 Å². The molecule has 1 aromatic rings. The zero-order valence-corrected chi connectivity index (χ0v) is 10.8. The van der Waals surface area contributed by atoms with Gasteiger partial charge in [0.1, 0.15) is 0 Å². The van der Waals surface area contributed by atoms with Crippen LogP contribution in [0.2, 0.25) is 5.02 Å². The molecule has 0 saturated heterocycles. The maximum absolute atomic E-state index is 12.0. The van der Waals surface area contributed by atoms with Gasteiger partial charge in [-0.25, -0.2) is 0 Å². The predicted molar refractivity (Wildman–Crippen MR) is 64.8 cm³/mol. The zero-order valence-electron chi connectivity index (χ0n) is 10.0. The zero-order chi connectivity index (χ0) is 13.9. The van der Waals surface area contributed by atoms with Gasteiger partial charge in [0.2, 0.25) is 0 Å². The van der Waals surface area contributed by atoms with Crippen molar-refractivity contribution in [3.05, 3.63) is 22.7 Å². The molecule has 1 heterocycles. The maximum atomic E-state index is 12.0. The van der Waals surface area contributed by atoms with Crippen LogP contribution in [-0.2, 0) is 6.54 Å². The summed E-state index contributed by atoms with van der Waals surface area (Å²) < 4.78 is 47.0. The highest BCUT2D eigenvalue weighted by atomic mass is 35.5. The second-order valence-corrected chi connectivity index (χ2v) is 4.58. The van der Waals surface area contributed by atoms with Crippen molar-refractivity contribution in [1.29, 1.82) is 0 Å². The minimum Gasteiger partial charge on any atom is -0.489 e. The third kappa shape index (κ3) is 4.18. The number of hydrogen-bond donors (Lipinski definition) is 1. The molecule has 1 aromatic carbocycles. The Bertz CT molecular complexity index is 451. The summed E-state index contributed by atoms with van der Waals surface area (Å²) in [5, 5.41) is 2.66. The van der Waals surface area contributed by atoms with Crippen LogP contribution in [0.25, 0.3) is 0 Å². The first-order chi connectivity index (χ1) is 8.96. The van der Waals surface area contributed by atoms with Crippen molar-refractivity contribution in [2.75, 3.05) is 19.8 Å². The fourth-order valence-corrected chi connectivity index (χ4v) is 2.02. The van der Waals surface area contributed by atoms with Gasteiger partial charge in [0, 0.05) is 13.0 Å². The van der Waals surface area contributed by atoms with E-state index in [4.69, 9.17) is 21.1 Å². The number of halogens is 4. The summed E-state index contributed by atoms with van der Waals surface area (Å²) in [5.41, 5.74) is 0.624. The van der Waals surface area contributed by atoms with E-state index in [0.717, 1.165) is 6.42 Å². The number of alkyl halides is 3. The minimum absolute atomic E-state index is 0.0653. The molecule has 0 aliphatic carbocycles. The number of fused-ring (bicyclic) bond motifs is 1. The van der Waals surface area contributed by atoms with E-state index in [2.05, 4.69) is 5.32 Å². The third-order valence-electron chi connectivity index (χ3n) is 2.52. The molecule has 0 saturated carbocycles. The molecule has 3 nitrogen and oxygen atoms in total. The largest absolute Gasteiger partial charge is 0.489 e. The lowest BCUT2D eigenvalue weighted by Crippen LogP contribution is -2.28. The summed E-state index contributed by atoms with van der Waals surface area (Å²) in [7, 11) is 0. The Labute approximate surface area is 113 Å². The summed E-state index contributed by atoms with van der Waals surface area (Å²) in [4.78, 5) is 0. The fourth-order valence-electron chi connectivity index (χ4n) is 1.73. The van der Waals surface area contributed by atoms with Crippen LogP contribution in [0.1, 0.15) is 12.0 Å². The van der Waals surface area contributed by atoms with Crippen molar-refractivity contribution < 1.29 is 22.6 Å². The number of nitrogens with one attached hydrogen (secondary N) is 1. The number of ether oxygens (including phenoxy) is 2. The molecule has 0 radical (unpaired) electrons. The molecule has 7 heteroatoms. The van der Waals surface area contributed by atoms with Gasteiger partial charge in [-0.15, -0.1) is 0 Å². The Hall–Kier alpha value is -1.14. The quantitative estimate of drug-likeness (QED) is 0.929. The summed E-state index contributed by atoms with van der Waals surface area (Å²) >= 11 is 6.03. The Balaban J connectivity index is 2.06. The van der Waals surface area contributed by atoms with Crippen molar-refractivity contribution in [3.63, 3.8) is 0 Å². The van der Waals surface area contributed by atoms with Crippen LogP contribution < -0.4 is 14.8 Å². The molecule has 2 rings (SSSR count). The topological polar surface area (TPSA) is 30.5 Å². The molecule has 0 amide bonds. The van der Waals surface area contributed by atoms with Crippen LogP contribution in [0.15, 0.2) is 12.1 Å². The first-order valence-corrected chi connectivity index (χ1v) is 6.19. The van der Waals surface area contributed by atoms with Gasteiger partial charge in [0.15, 0.2) is 11.5 Å². The SMILES string of the molecule is FC(F)(F)CNCc1cc(Cl)c2c(c1)OCCCO2. The molecule has 1 aliphatic heterocycles. The lowest BCUT2D eigenvalue weighted by molar-refractivity contribution is -0.125. The van der Waals surface area contributed by atoms with Crippen LogP contribution in [0.4, 0.5) is 13.2 Å². The van der Waals surface area contributed by atoms with E-state index in [0.29, 0.717) is 35.3 Å². The summed E-state index contributed by atoms with van der Waals surface area (Å²) in [6, 6.07) is 3.23. The second kappa shape index (κ2) is 5.88. The van der Waals surface area contributed by atoms with Gasteiger partial charge in [0.05, 0.1) is 24.8 Å². The molecule has 0 bridgehead atoms. The van der Waals surface area contributed by atoms with Crippen molar-refractivity contribution in [1.82, 2.24) is 5.32 Å². The number of hydrogen-bond acceptors (Lipinski definition) is 3. The molecule has 0 aromatic heterocycles. The standard InChI is InChI=1S/C12H13ClF3NO2/c13-9-4-8(6-17-7-12(14,15)16)5-10-11(9)19-3-1-2-18-10/h4-5,17H,1-3,6-7H2. The smallest absolute Gasteiger partial charge is 0.401 e. The number of benzene rings is 1. The van der Waals surface area contributed by atoms with Crippen LogP contribution >= 0.6 is 11.6 Å². The minimum atomic E-state index is -4.23. The van der Waals surface area contributed by atoms with Crippen molar-refractivity contribution in [3.8, 4) is 11.5 Å². The van der Waals surface area contributed by atoms with Gasteiger partial charge < -0.3 is 14.8 Å². The van der Waals surface area contributed by atoms with Crippen LogP contribution in [0, 0.1) is 0 Å². The maximum Gasteiger partial charge on any atom is 0.401 e. The lowest BCUT2D eigenvalue weighted by atomic mass is 10.2. The van der Waals surface area contributed by atoms with Crippen LogP contribution in [0.3, 0.4) is 0 Å². The van der Waals surface area contributed by atoms with Gasteiger partial charge in [-0.2, -0.15) is 13.2 Å². The lowest BCUT2D eigenvalue weighted by Gasteiger charge is -2.12. The van der Waals surface area contributed by atoms with E-state index in [9.17, 15) is 13.2 Å². The highest BCUT2D eigenvalue weighted by Crippen LogP contribution is 2.37. The molecular weight excluding hydrogens is 283 g/mol. The first-order valence-electron chi connectivity index (χ1n) is 5.81. The fraction of sp³-hybridized carbons (Fsp3) is 0.500. The highest BCUT2D eigenvalue weighted by molar-refractivity contribution is 6.32. The van der Waals surface area contributed by atoms with Gasteiger partial charge in [-0.3, -0.25) is 0 Å². The summed E-state index contributed by atoms with van der Waals surface area (Å²) in [6.45, 7) is 0.0378. The van der Waals surface area contributed by atoms with E-state index >= 15 is 0 Å². The molecule has 0 spiro atoms. The summed E-state index contributed by atoms with van der Waals surface area (Å²) in [5.74, 6) is 0.938. The van der Waals surface area contributed by atoms with E-state index < -0.39 is 12.7 Å². The van der Waals surface area contributed by atoms with Crippen molar-refractivity contribution in [2.45, 2.75) is 19.1 Å². The Morgan fingerprint density at radius 3 is 2.68 bits per heavy atom. The first kappa shape index (κ1) is 14.3. The van der Waals surface area contributed by atoms with Gasteiger partial charge in [-0.05, 0) is 17.7 Å². The molecule has 0 atom stereocenters. The molecule has 19 heavy (non-hydrogen) atoms. The van der Waals surface area contributed by atoms with Gasteiger partial charge >= 0.3 is 6.18 Å². The molecular formula is C12H13ClF3NO2. The normalized spacial score (nSPS) is 15.2. The van der Waals surface area contributed by atoms with Gasteiger partial charge in [-0.1, -0.05) is 11.6 Å². The third-order valence-corrected chi connectivity index (χ3v) is 2.80. The Kier molecular flexibility index (Phi) is 4.42. The molecule has 1 aliphatic rings. The van der Waals surface area contributed by atoms with E-state index in [1.54, 1.807) is 12.1 Å². The number of rotatable bonds is 3. The molecule has 0 fully saturated rings. The van der Waals surface area contributed by atoms with Crippen molar-refractivity contribution >= 4 is 11.6 Å². The Morgan fingerprint density at radius 2 is 1.95 bits per heavy atom. The van der Waals surface area contributed by atoms with E-state index in [1.807, 2.05) is 0 Å². The predicted octanol–water partition coefficient (Wildman–Crippen LogP) is 3.15. The van der Waals surface area contributed by atoms with Gasteiger partial charge in [0.25, 0.3) is 0 Å². The summed E-state index contributed by atoms with van der Waals surface area (Å²) in [6.07, 6.45) is -3.48. The van der Waals surface area contributed by atoms with Crippen molar-refractivity contribution in [2.24, 2.45) is 0 Å². The average Bonchev–Trinajstić information content (AvgIpc) is 2.52. The van der Waals surface area contributed by atoms with Crippen LogP contribution in [-0.4, -0.2) is 25.9 Å². The monoisotopic (exact) mass is 295 g/mol. The van der Waals surface area contributed by atoms with E-state index in [1.165, 1.54) is 0 Å².